The Morgan fingerprint density at radius 2 is 1.95 bits per heavy atom. The molecule has 0 aromatic rings. The van der Waals surface area contributed by atoms with Crippen LogP contribution in [0, 0.1) is 0 Å². The lowest BCUT2D eigenvalue weighted by Crippen LogP contribution is -2.50. The van der Waals surface area contributed by atoms with Gasteiger partial charge in [-0.15, -0.1) is 17.0 Å². The van der Waals surface area contributed by atoms with Crippen LogP contribution in [0.15, 0.2) is 4.99 Å². The highest BCUT2D eigenvalue weighted by molar-refractivity contribution is 8.93. The van der Waals surface area contributed by atoms with Crippen LogP contribution in [-0.2, 0) is 0 Å². The maximum atomic E-state index is 4.78. The molecular formula is C12H25BrN4S2. The van der Waals surface area contributed by atoms with Crippen molar-refractivity contribution in [1.29, 1.82) is 0 Å². The summed E-state index contributed by atoms with van der Waals surface area (Å²) >= 11 is 0. The van der Waals surface area contributed by atoms with Gasteiger partial charge in [-0.1, -0.05) is 6.92 Å². The molecule has 2 heterocycles. The lowest BCUT2D eigenvalue weighted by atomic mass is 10.2. The summed E-state index contributed by atoms with van der Waals surface area (Å²) in [6.45, 7) is 9.19. The Morgan fingerprint density at radius 3 is 2.42 bits per heavy atom. The second kappa shape index (κ2) is 8.12. The van der Waals surface area contributed by atoms with Gasteiger partial charge in [0.1, 0.15) is 0 Å². The Hall–Kier alpha value is 0.570. The van der Waals surface area contributed by atoms with Crippen LogP contribution in [0.3, 0.4) is 0 Å². The molecule has 0 bridgehead atoms. The van der Waals surface area contributed by atoms with Crippen molar-refractivity contribution in [1.82, 2.24) is 14.7 Å². The second-order valence-electron chi connectivity index (χ2n) is 5.16. The Balaban J connectivity index is 0.00000180. The predicted octanol–water partition coefficient (Wildman–Crippen LogP) is 2.58. The zero-order chi connectivity index (χ0) is 13.1. The number of nitrogens with zero attached hydrogens (tertiary/aromatic N) is 4. The minimum Gasteiger partial charge on any atom is -0.348 e. The molecule has 19 heavy (non-hydrogen) atoms. The van der Waals surface area contributed by atoms with E-state index in [1.54, 1.807) is 0 Å². The first-order valence-electron chi connectivity index (χ1n) is 6.68. The smallest absolute Gasteiger partial charge is 0.172 e. The van der Waals surface area contributed by atoms with Crippen LogP contribution in [0.4, 0.5) is 0 Å². The molecule has 0 aliphatic carbocycles. The number of hydrogen-bond acceptors (Lipinski definition) is 6. The Bertz CT molecular complexity index is 306. The predicted molar refractivity (Wildman–Crippen MR) is 93.3 cm³/mol. The van der Waals surface area contributed by atoms with E-state index in [2.05, 4.69) is 42.6 Å². The molecule has 2 rings (SSSR count). The van der Waals surface area contributed by atoms with Crippen molar-refractivity contribution in [3.05, 3.63) is 0 Å². The van der Waals surface area contributed by atoms with Crippen LogP contribution in [0.25, 0.3) is 0 Å². The molecule has 2 aliphatic rings. The topological polar surface area (TPSA) is 22.1 Å². The number of rotatable bonds is 3. The monoisotopic (exact) mass is 368 g/mol. The molecule has 2 aliphatic heterocycles. The van der Waals surface area contributed by atoms with Crippen LogP contribution < -0.4 is 0 Å². The van der Waals surface area contributed by atoms with Gasteiger partial charge >= 0.3 is 0 Å². The number of piperazine rings is 1. The van der Waals surface area contributed by atoms with E-state index in [4.69, 9.17) is 4.99 Å². The zero-order valence-electron chi connectivity index (χ0n) is 12.2. The zero-order valence-corrected chi connectivity index (χ0v) is 15.5. The van der Waals surface area contributed by atoms with Gasteiger partial charge in [-0.2, -0.15) is 0 Å². The molecule has 0 radical (unpaired) electrons. The molecule has 7 heteroatoms. The van der Waals surface area contributed by atoms with E-state index < -0.39 is 0 Å². The Morgan fingerprint density at radius 1 is 1.32 bits per heavy atom. The average molecular weight is 369 g/mol. The number of hydrogen-bond donors (Lipinski definition) is 0. The summed E-state index contributed by atoms with van der Waals surface area (Å²) in [6, 6.07) is 0.717. The standard InChI is InChI=1S/C12H24N4S2.BrH/c1-5-10(2)15-6-8-16(9-7-15)12-13-11(14(3)4)17-18-12;/h10-11H,5-9H2,1-4H3;1H. The molecule has 0 amide bonds. The highest BCUT2D eigenvalue weighted by atomic mass is 79.9. The molecule has 112 valence electrons. The van der Waals surface area contributed by atoms with Gasteiger partial charge in [0, 0.05) is 32.2 Å². The fraction of sp³-hybridized carbons (Fsp3) is 0.917. The summed E-state index contributed by atoms with van der Waals surface area (Å²) in [5.74, 6) is 0. The van der Waals surface area contributed by atoms with Crippen LogP contribution >= 0.6 is 38.6 Å². The highest BCUT2D eigenvalue weighted by Gasteiger charge is 2.28. The van der Waals surface area contributed by atoms with Crippen molar-refractivity contribution >= 4 is 43.7 Å². The molecule has 0 N–H and O–H groups in total. The minimum absolute atomic E-state index is 0. The lowest BCUT2D eigenvalue weighted by Gasteiger charge is -2.38. The molecule has 1 fully saturated rings. The quantitative estimate of drug-likeness (QED) is 0.711. The van der Waals surface area contributed by atoms with E-state index >= 15 is 0 Å². The number of aliphatic imine (C=N–C) groups is 1. The van der Waals surface area contributed by atoms with Crippen LogP contribution in [0.1, 0.15) is 20.3 Å². The maximum Gasteiger partial charge on any atom is 0.172 e. The first-order valence-corrected chi connectivity index (χ1v) is 8.89. The van der Waals surface area contributed by atoms with Crippen molar-refractivity contribution < 1.29 is 0 Å². The van der Waals surface area contributed by atoms with Crippen LogP contribution in [-0.4, -0.2) is 71.7 Å². The van der Waals surface area contributed by atoms with E-state index in [0.29, 0.717) is 6.04 Å². The van der Waals surface area contributed by atoms with Crippen molar-refractivity contribution in [3.63, 3.8) is 0 Å². The van der Waals surface area contributed by atoms with E-state index in [1.165, 1.54) is 24.7 Å². The molecule has 0 aromatic heterocycles. The summed E-state index contributed by atoms with van der Waals surface area (Å²) in [5.41, 5.74) is 0.289. The summed E-state index contributed by atoms with van der Waals surface area (Å²) < 4.78 is 0. The molecular weight excluding hydrogens is 344 g/mol. The van der Waals surface area contributed by atoms with Crippen LogP contribution in [0.2, 0.25) is 0 Å². The van der Waals surface area contributed by atoms with E-state index in [0.717, 1.165) is 13.1 Å². The number of halogens is 1. The van der Waals surface area contributed by atoms with Gasteiger partial charge < -0.3 is 4.90 Å². The molecule has 0 aromatic carbocycles. The van der Waals surface area contributed by atoms with Gasteiger partial charge in [0.2, 0.25) is 0 Å². The van der Waals surface area contributed by atoms with Gasteiger partial charge in [0.15, 0.2) is 10.7 Å². The number of amidine groups is 1. The van der Waals surface area contributed by atoms with E-state index in [9.17, 15) is 0 Å². The third-order valence-electron chi connectivity index (χ3n) is 3.67. The molecule has 1 saturated heterocycles. The van der Waals surface area contributed by atoms with Crippen molar-refractivity contribution in [2.24, 2.45) is 4.99 Å². The molecule has 0 saturated carbocycles. The largest absolute Gasteiger partial charge is 0.348 e. The summed E-state index contributed by atoms with van der Waals surface area (Å²) in [5, 5.41) is 1.22. The average Bonchev–Trinajstić information content (AvgIpc) is 2.88. The molecule has 0 spiro atoms. The normalized spacial score (nSPS) is 26.3. The summed E-state index contributed by atoms with van der Waals surface area (Å²) in [7, 11) is 7.86. The molecule has 4 nitrogen and oxygen atoms in total. The molecule has 2 atom stereocenters. The SMILES string of the molecule is Br.CCC(C)N1CCN(C2=NC(N(C)C)SS2)CC1. The Labute approximate surface area is 135 Å². The van der Waals surface area contributed by atoms with Crippen molar-refractivity contribution in [2.45, 2.75) is 31.8 Å². The minimum atomic E-state index is 0. The fourth-order valence-electron chi connectivity index (χ4n) is 2.17. The summed E-state index contributed by atoms with van der Waals surface area (Å²) in [6.07, 6.45) is 1.24. The molecule has 2 unspecified atom stereocenters. The second-order valence-corrected chi connectivity index (χ2v) is 7.38. The van der Waals surface area contributed by atoms with E-state index in [-0.39, 0.29) is 22.5 Å². The maximum absolute atomic E-state index is 4.78. The van der Waals surface area contributed by atoms with Gasteiger partial charge in [-0.05, 0) is 49.0 Å². The lowest BCUT2D eigenvalue weighted by molar-refractivity contribution is 0.139. The fourth-order valence-corrected chi connectivity index (χ4v) is 4.76. The van der Waals surface area contributed by atoms with Crippen molar-refractivity contribution in [2.75, 3.05) is 40.3 Å². The van der Waals surface area contributed by atoms with Gasteiger partial charge in [-0.3, -0.25) is 9.80 Å². The van der Waals surface area contributed by atoms with Gasteiger partial charge in [0.25, 0.3) is 0 Å². The van der Waals surface area contributed by atoms with Crippen LogP contribution in [0.5, 0.6) is 0 Å². The van der Waals surface area contributed by atoms with Gasteiger partial charge in [0.05, 0.1) is 0 Å². The Kier molecular flexibility index (Phi) is 7.53. The highest BCUT2D eigenvalue weighted by Crippen LogP contribution is 2.38. The van der Waals surface area contributed by atoms with Gasteiger partial charge in [-0.25, -0.2) is 4.99 Å². The first-order chi connectivity index (χ1) is 8.61. The summed E-state index contributed by atoms with van der Waals surface area (Å²) in [4.78, 5) is 12.0. The third-order valence-corrected chi connectivity index (χ3v) is 6.23. The van der Waals surface area contributed by atoms with E-state index in [1.807, 2.05) is 21.6 Å². The van der Waals surface area contributed by atoms with Crippen molar-refractivity contribution in [3.8, 4) is 0 Å². The third kappa shape index (κ3) is 4.52. The first kappa shape index (κ1) is 17.6.